The molecular formula is C41H35Au2N2. The van der Waals surface area contributed by atoms with E-state index in [1.54, 1.807) is 6.08 Å². The number of hydrogen-bond acceptors (Lipinski definition) is 2. The predicted molar refractivity (Wildman–Crippen MR) is 183 cm³/mol. The zero-order valence-electron chi connectivity index (χ0n) is 24.9. The molecule has 0 N–H and O–H groups in total. The minimum Gasteiger partial charge on any atom is -0.366 e. The smallest absolute Gasteiger partial charge is 0.366 e. The second-order valence-corrected chi connectivity index (χ2v) is 10.1. The normalized spacial score (nSPS) is 10.7. The van der Waals surface area contributed by atoms with Crippen LogP contribution in [0, 0.1) is 12.3 Å². The number of rotatable bonds is 9. The maximum atomic E-state index is 7.12. The van der Waals surface area contributed by atoms with Crippen LogP contribution in [0.1, 0.15) is 16.7 Å². The first-order valence-electron chi connectivity index (χ1n) is 14.6. The van der Waals surface area contributed by atoms with E-state index in [4.69, 9.17) is 6.42 Å². The van der Waals surface area contributed by atoms with Gasteiger partial charge in [-0.2, -0.15) is 0 Å². The summed E-state index contributed by atoms with van der Waals surface area (Å²) in [5, 5.41) is 0. The topological polar surface area (TPSA) is 6.48 Å². The molecule has 0 aromatic heterocycles. The van der Waals surface area contributed by atoms with Gasteiger partial charge in [0.15, 0.2) is 0 Å². The van der Waals surface area contributed by atoms with Crippen molar-refractivity contribution in [2.24, 2.45) is 0 Å². The molecule has 231 valence electrons. The third-order valence-electron chi connectivity index (χ3n) is 7.35. The molecule has 0 fully saturated rings. The number of fused-ring (bicyclic) bond motifs is 3. The maximum Gasteiger partial charge on any atom is 1.00 e. The second-order valence-electron chi connectivity index (χ2n) is 10.1. The quantitative estimate of drug-likeness (QED) is 0.0617. The van der Waals surface area contributed by atoms with Gasteiger partial charge in [0, 0.05) is 58.7 Å². The largest absolute Gasteiger partial charge is 1.00 e. The number of nitrogens with zero attached hydrogens (tertiary/aromatic N) is 2. The molecule has 4 heteroatoms. The molecule has 1 aliphatic carbocycles. The Morgan fingerprint density at radius 2 is 1.18 bits per heavy atom. The van der Waals surface area contributed by atoms with E-state index in [1.165, 1.54) is 39.3 Å². The first kappa shape index (κ1) is 35.4. The molecule has 0 saturated heterocycles. The average molecular weight is 950 g/mol. The van der Waals surface area contributed by atoms with E-state index in [2.05, 4.69) is 150 Å². The van der Waals surface area contributed by atoms with Crippen molar-refractivity contribution in [3.63, 3.8) is 0 Å². The van der Waals surface area contributed by atoms with Crippen LogP contribution in [0.5, 0.6) is 0 Å². The molecular weight excluding hydrogens is 914 g/mol. The Bertz CT molecular complexity index is 1680. The second kappa shape index (κ2) is 18.7. The van der Waals surface area contributed by atoms with Gasteiger partial charge >= 0.3 is 22.4 Å². The van der Waals surface area contributed by atoms with E-state index < -0.39 is 0 Å². The van der Waals surface area contributed by atoms with Crippen molar-refractivity contribution in [1.82, 2.24) is 0 Å². The molecule has 0 amide bonds. The van der Waals surface area contributed by atoms with Gasteiger partial charge < -0.3 is 16.2 Å². The summed E-state index contributed by atoms with van der Waals surface area (Å²) in [5.41, 5.74) is 9.76. The summed E-state index contributed by atoms with van der Waals surface area (Å²) in [7, 11) is 0. The van der Waals surface area contributed by atoms with Gasteiger partial charge in [-0.3, -0.25) is 5.92 Å². The number of hydrogen-bond donors (Lipinski definition) is 0. The Balaban J connectivity index is 0.000000274. The molecule has 1 radical (unpaired) electrons. The van der Waals surface area contributed by atoms with Crippen molar-refractivity contribution in [3.05, 3.63) is 194 Å². The van der Waals surface area contributed by atoms with Crippen molar-refractivity contribution in [1.29, 1.82) is 0 Å². The third kappa shape index (κ3) is 9.72. The van der Waals surface area contributed by atoms with Crippen LogP contribution in [0.2, 0.25) is 0 Å². The first-order chi connectivity index (χ1) is 21.3. The Labute approximate surface area is 299 Å². The van der Waals surface area contributed by atoms with Crippen molar-refractivity contribution >= 4 is 17.1 Å². The zero-order valence-corrected chi connectivity index (χ0v) is 29.2. The van der Waals surface area contributed by atoms with Crippen LogP contribution in [0.25, 0.3) is 11.1 Å². The molecule has 0 aliphatic heterocycles. The average Bonchev–Trinajstić information content (AvgIpc) is 3.45. The standard InChI is InChI=1S/C26H26N2.C15H9.2Au/c1-2-3-4-14-21-27(24-15-8-5-9-16-24)22-23-28(25-17-10-6-11-18-25)26-19-12-7-13-20-26;1-2-11-7-8-15-13(9-11)10-12-5-3-4-6-14(12)15;;/h2-21H,1,22-23H2;3-9H,10H2;;/q;-1;;+1/b4-3-,21-14+;;;. The molecule has 0 bridgehead atoms. The number of para-hydroxylation sites is 3. The maximum absolute atomic E-state index is 7.12. The first-order valence-corrected chi connectivity index (χ1v) is 14.6. The number of anilines is 3. The van der Waals surface area contributed by atoms with Crippen LogP contribution in [0.15, 0.2) is 171 Å². The molecule has 6 rings (SSSR count). The van der Waals surface area contributed by atoms with Gasteiger partial charge in [-0.15, -0.1) is 17.7 Å². The predicted octanol–water partition coefficient (Wildman–Crippen LogP) is 9.78. The Morgan fingerprint density at radius 3 is 1.78 bits per heavy atom. The van der Waals surface area contributed by atoms with Crippen LogP contribution in [0.4, 0.5) is 17.1 Å². The monoisotopic (exact) mass is 949 g/mol. The van der Waals surface area contributed by atoms with Crippen LogP contribution in [0.3, 0.4) is 0 Å². The molecule has 0 atom stereocenters. The zero-order chi connectivity index (χ0) is 29.7. The summed E-state index contributed by atoms with van der Waals surface area (Å²) in [6, 6.07) is 46.1. The Hall–Kier alpha value is -4.04. The third-order valence-corrected chi connectivity index (χ3v) is 7.35. The summed E-state index contributed by atoms with van der Waals surface area (Å²) in [6.45, 7) is 5.43. The van der Waals surface area contributed by atoms with E-state index in [-0.39, 0.29) is 44.8 Å². The fourth-order valence-electron chi connectivity index (χ4n) is 5.26. The molecule has 1 aliphatic rings. The molecule has 5 aromatic carbocycles. The number of benzene rings is 5. The minimum atomic E-state index is 0. The molecule has 2 nitrogen and oxygen atoms in total. The van der Waals surface area contributed by atoms with Crippen LogP contribution in [-0.4, -0.2) is 13.1 Å². The van der Waals surface area contributed by atoms with Gasteiger partial charge in [0.05, 0.1) is 0 Å². The van der Waals surface area contributed by atoms with E-state index in [0.29, 0.717) is 0 Å². The molecule has 5 aromatic rings. The van der Waals surface area contributed by atoms with Crippen molar-refractivity contribution in [2.45, 2.75) is 6.42 Å². The summed E-state index contributed by atoms with van der Waals surface area (Å²) in [4.78, 5) is 4.62. The van der Waals surface area contributed by atoms with Crippen molar-refractivity contribution in [2.75, 3.05) is 22.9 Å². The van der Waals surface area contributed by atoms with Gasteiger partial charge in [-0.25, -0.2) is 0 Å². The SMILES string of the molecule is C=C/C=C\C=C\N(CCN(c1ccccc1)c1ccccc1)c1ccccc1.[Au+].[Au].[C-]#Cc1ccc2c(c1)Cc1ccccc1-2. The van der Waals surface area contributed by atoms with Gasteiger partial charge in [0.1, 0.15) is 0 Å². The Morgan fingerprint density at radius 1 is 0.622 bits per heavy atom. The molecule has 0 unspecified atom stereocenters. The van der Waals surface area contributed by atoms with Gasteiger partial charge in [0.2, 0.25) is 0 Å². The molecule has 0 spiro atoms. The summed E-state index contributed by atoms with van der Waals surface area (Å²) in [5.74, 6) is 2.43. The van der Waals surface area contributed by atoms with Crippen LogP contribution in [-0.2, 0) is 51.2 Å². The van der Waals surface area contributed by atoms with E-state index >= 15 is 0 Å². The molecule has 45 heavy (non-hydrogen) atoms. The van der Waals surface area contributed by atoms with Gasteiger partial charge in [0.25, 0.3) is 0 Å². The van der Waals surface area contributed by atoms with Gasteiger partial charge in [-0.1, -0.05) is 115 Å². The van der Waals surface area contributed by atoms with E-state index in [1.807, 2.05) is 30.4 Å². The van der Waals surface area contributed by atoms with Crippen molar-refractivity contribution < 1.29 is 44.8 Å². The van der Waals surface area contributed by atoms with Crippen LogP contribution >= 0.6 is 0 Å². The fourth-order valence-corrected chi connectivity index (χ4v) is 5.26. The molecule has 0 saturated carbocycles. The van der Waals surface area contributed by atoms with Gasteiger partial charge in [-0.05, 0) is 65.6 Å². The summed E-state index contributed by atoms with van der Waals surface area (Å²) in [6.07, 6.45) is 18.0. The van der Waals surface area contributed by atoms with Crippen LogP contribution < -0.4 is 9.80 Å². The minimum absolute atomic E-state index is 0. The van der Waals surface area contributed by atoms with E-state index in [9.17, 15) is 0 Å². The Kier molecular flexibility index (Phi) is 14.7. The summed E-state index contributed by atoms with van der Waals surface area (Å²) >= 11 is 0. The molecule has 0 heterocycles. The van der Waals surface area contributed by atoms with E-state index in [0.717, 1.165) is 25.1 Å². The van der Waals surface area contributed by atoms with Crippen molar-refractivity contribution in [3.8, 4) is 17.0 Å². The fraction of sp³-hybridized carbons (Fsp3) is 0.0732. The number of allylic oxidation sites excluding steroid dienone is 4. The summed E-state index contributed by atoms with van der Waals surface area (Å²) < 4.78 is 0.